The Hall–Kier alpha value is -3.45. The predicted octanol–water partition coefficient (Wildman–Crippen LogP) is -2.22. The van der Waals surface area contributed by atoms with Crippen molar-refractivity contribution in [1.29, 1.82) is 5.41 Å². The fourth-order valence-electron chi connectivity index (χ4n) is 2.77. The molecular formula is C17H26N8O5. The fourth-order valence-corrected chi connectivity index (χ4v) is 2.77. The number of amides is 1. The summed E-state index contributed by atoms with van der Waals surface area (Å²) in [4.78, 5) is 40.9. The van der Waals surface area contributed by atoms with Gasteiger partial charge in [0, 0.05) is 32.3 Å². The molecule has 0 saturated heterocycles. The Labute approximate surface area is 172 Å². The molecule has 1 aliphatic rings. The Morgan fingerprint density at radius 1 is 1.47 bits per heavy atom. The van der Waals surface area contributed by atoms with Gasteiger partial charge in [-0.1, -0.05) is 6.08 Å². The second-order valence-electron chi connectivity index (χ2n) is 6.87. The van der Waals surface area contributed by atoms with Crippen molar-refractivity contribution in [2.45, 2.75) is 37.3 Å². The van der Waals surface area contributed by atoms with Gasteiger partial charge in [-0.15, -0.1) is 0 Å². The summed E-state index contributed by atoms with van der Waals surface area (Å²) in [5.74, 6) is -1.84. The number of nitrogen functional groups attached to an aromatic ring is 1. The molecule has 13 heteroatoms. The zero-order chi connectivity index (χ0) is 22.4. The maximum atomic E-state index is 12.3. The largest absolute Gasteiger partial charge is 0.479 e. The van der Waals surface area contributed by atoms with E-state index in [2.05, 4.69) is 10.3 Å². The average Bonchev–Trinajstić information content (AvgIpc) is 2.66. The normalized spacial score (nSPS) is 21.6. The van der Waals surface area contributed by atoms with Gasteiger partial charge in [0.15, 0.2) is 18.3 Å². The molecule has 1 aliphatic heterocycles. The van der Waals surface area contributed by atoms with Crippen LogP contribution in [0.3, 0.4) is 0 Å². The van der Waals surface area contributed by atoms with Crippen molar-refractivity contribution in [2.75, 3.05) is 19.3 Å². The molecule has 0 aromatic carbocycles. The van der Waals surface area contributed by atoms with Gasteiger partial charge in [-0.2, -0.15) is 4.98 Å². The summed E-state index contributed by atoms with van der Waals surface area (Å²) in [6.07, 6.45) is 2.17. The first kappa shape index (κ1) is 22.8. The first-order valence-corrected chi connectivity index (χ1v) is 9.10. The number of nitrogens with zero attached hydrogens (tertiary/aromatic N) is 3. The lowest BCUT2D eigenvalue weighted by Gasteiger charge is -2.31. The zero-order valence-electron chi connectivity index (χ0n) is 16.4. The van der Waals surface area contributed by atoms with Gasteiger partial charge in [-0.3, -0.25) is 14.8 Å². The first-order chi connectivity index (χ1) is 14.1. The van der Waals surface area contributed by atoms with Crippen LogP contribution in [0.5, 0.6) is 0 Å². The number of rotatable bonds is 8. The molecule has 0 bridgehead atoms. The Morgan fingerprint density at radius 3 is 2.77 bits per heavy atom. The molecule has 164 valence electrons. The van der Waals surface area contributed by atoms with Gasteiger partial charge in [-0.25, -0.2) is 9.59 Å². The highest BCUT2D eigenvalue weighted by Crippen LogP contribution is 2.20. The molecule has 9 N–H and O–H groups in total. The highest BCUT2D eigenvalue weighted by Gasteiger charge is 2.35. The maximum Gasteiger partial charge on any atom is 0.351 e. The number of carboxylic acids is 1. The van der Waals surface area contributed by atoms with Gasteiger partial charge < -0.3 is 37.3 Å². The molecule has 4 atom stereocenters. The summed E-state index contributed by atoms with van der Waals surface area (Å²) in [7, 11) is 1.63. The molecule has 1 aromatic heterocycles. The van der Waals surface area contributed by atoms with Crippen molar-refractivity contribution in [3.05, 3.63) is 34.9 Å². The number of carbonyl (C=O) groups excluding carboxylic acids is 1. The van der Waals surface area contributed by atoms with Gasteiger partial charge in [0.1, 0.15) is 5.82 Å². The number of guanidine groups is 1. The molecule has 1 amide bonds. The number of nitrogens with two attached hydrogens (primary N) is 3. The van der Waals surface area contributed by atoms with Crippen LogP contribution in [0.15, 0.2) is 29.2 Å². The van der Waals surface area contributed by atoms with E-state index in [-0.39, 0.29) is 18.2 Å². The van der Waals surface area contributed by atoms with Crippen LogP contribution in [-0.4, -0.2) is 69.2 Å². The quantitative estimate of drug-likeness (QED) is 0.151. The third kappa shape index (κ3) is 6.02. The monoisotopic (exact) mass is 422 g/mol. The summed E-state index contributed by atoms with van der Waals surface area (Å²) in [5, 5.41) is 19.4. The molecule has 13 nitrogen and oxygen atoms in total. The van der Waals surface area contributed by atoms with Crippen molar-refractivity contribution in [3.8, 4) is 0 Å². The lowest BCUT2D eigenvalue weighted by Crippen LogP contribution is -2.51. The highest BCUT2D eigenvalue weighted by atomic mass is 16.5. The van der Waals surface area contributed by atoms with Crippen LogP contribution in [-0.2, 0) is 14.3 Å². The molecule has 1 aromatic rings. The number of aliphatic carboxylic acids is 1. The lowest BCUT2D eigenvalue weighted by molar-refractivity contribution is -0.159. The van der Waals surface area contributed by atoms with Crippen LogP contribution in [0.1, 0.15) is 19.1 Å². The van der Waals surface area contributed by atoms with Crippen molar-refractivity contribution in [2.24, 2.45) is 11.5 Å². The Balaban J connectivity index is 2.01. The molecule has 2 rings (SSSR count). The van der Waals surface area contributed by atoms with E-state index in [1.165, 1.54) is 29.3 Å². The van der Waals surface area contributed by atoms with Gasteiger partial charge in [0.2, 0.25) is 5.91 Å². The summed E-state index contributed by atoms with van der Waals surface area (Å²) in [5.41, 5.74) is 16.0. The smallest absolute Gasteiger partial charge is 0.351 e. The zero-order valence-corrected chi connectivity index (χ0v) is 16.4. The standard InChI is InChI=1S/C17H26N8O5/c1-24(16(20)21)6-4-9(18)8-12(26)22-10-2-3-13(30-14(10)15(27)28)25-7-5-11(19)23-17(25)29/h2-3,5,7,9-10,13-14H,4,6,8,18H2,1H3,(H3,20,21)(H,22,26)(H,27,28)(H2,19,23,29)/t9-,10-,13+,14-/m1/s1. The minimum Gasteiger partial charge on any atom is -0.479 e. The van der Waals surface area contributed by atoms with Crippen LogP contribution in [0, 0.1) is 5.41 Å². The number of hydrogen-bond acceptors (Lipinski definition) is 8. The molecule has 0 unspecified atom stereocenters. The second kappa shape index (κ2) is 9.84. The van der Waals surface area contributed by atoms with Crippen LogP contribution in [0.4, 0.5) is 5.82 Å². The number of ether oxygens (including phenoxy) is 1. The molecule has 0 fully saturated rings. The summed E-state index contributed by atoms with van der Waals surface area (Å²) < 4.78 is 6.57. The summed E-state index contributed by atoms with van der Waals surface area (Å²) in [6, 6.07) is -0.0702. The van der Waals surface area contributed by atoms with E-state index < -0.39 is 42.0 Å². The van der Waals surface area contributed by atoms with E-state index >= 15 is 0 Å². The van der Waals surface area contributed by atoms with E-state index in [0.717, 1.165) is 4.57 Å². The second-order valence-corrected chi connectivity index (χ2v) is 6.87. The number of carboxylic acid groups (broad SMARTS) is 1. The molecule has 0 spiro atoms. The van der Waals surface area contributed by atoms with E-state index in [1.807, 2.05) is 0 Å². The van der Waals surface area contributed by atoms with Crippen molar-refractivity contribution in [1.82, 2.24) is 19.8 Å². The Kier molecular flexibility index (Phi) is 7.49. The summed E-state index contributed by atoms with van der Waals surface area (Å²) in [6.45, 7) is 0.403. The van der Waals surface area contributed by atoms with Crippen LogP contribution in [0.2, 0.25) is 0 Å². The third-order valence-corrected chi connectivity index (χ3v) is 4.49. The van der Waals surface area contributed by atoms with Gasteiger partial charge in [0.25, 0.3) is 0 Å². The minimum atomic E-state index is -1.42. The Bertz CT molecular complexity index is 885. The van der Waals surface area contributed by atoms with E-state index in [4.69, 9.17) is 27.3 Å². The van der Waals surface area contributed by atoms with Crippen LogP contribution >= 0.6 is 0 Å². The number of aromatic nitrogens is 2. The number of hydrogen-bond donors (Lipinski definition) is 6. The average molecular weight is 422 g/mol. The number of carbonyl (C=O) groups is 2. The van der Waals surface area contributed by atoms with Crippen LogP contribution < -0.4 is 28.2 Å². The third-order valence-electron chi connectivity index (χ3n) is 4.49. The van der Waals surface area contributed by atoms with Crippen molar-refractivity contribution >= 4 is 23.7 Å². The molecular weight excluding hydrogens is 396 g/mol. The summed E-state index contributed by atoms with van der Waals surface area (Å²) >= 11 is 0. The minimum absolute atomic E-state index is 0.0294. The maximum absolute atomic E-state index is 12.3. The lowest BCUT2D eigenvalue weighted by atomic mass is 10.1. The van der Waals surface area contributed by atoms with Crippen molar-refractivity contribution < 1.29 is 19.4 Å². The molecule has 30 heavy (non-hydrogen) atoms. The first-order valence-electron chi connectivity index (χ1n) is 9.10. The van der Waals surface area contributed by atoms with E-state index in [1.54, 1.807) is 7.05 Å². The number of nitrogens with one attached hydrogen (secondary N) is 2. The number of anilines is 1. The van der Waals surface area contributed by atoms with E-state index in [0.29, 0.717) is 13.0 Å². The predicted molar refractivity (Wildman–Crippen MR) is 107 cm³/mol. The molecule has 0 aliphatic carbocycles. The van der Waals surface area contributed by atoms with Gasteiger partial charge >= 0.3 is 11.7 Å². The van der Waals surface area contributed by atoms with E-state index in [9.17, 15) is 19.5 Å². The van der Waals surface area contributed by atoms with Crippen molar-refractivity contribution in [3.63, 3.8) is 0 Å². The molecule has 0 saturated carbocycles. The Morgan fingerprint density at radius 2 is 2.17 bits per heavy atom. The molecule has 2 heterocycles. The fraction of sp³-hybridized carbons (Fsp3) is 0.471. The van der Waals surface area contributed by atoms with Gasteiger partial charge in [-0.05, 0) is 18.6 Å². The van der Waals surface area contributed by atoms with Gasteiger partial charge in [0.05, 0.1) is 6.04 Å². The SMILES string of the molecule is CN(CC[C@@H](N)CC(=O)N[C@@H]1C=C[C@@H](n2ccc(N)nc2=O)O[C@H]1C(=O)O)C(=N)N. The molecule has 0 radical (unpaired) electrons. The topological polar surface area (TPSA) is 216 Å². The highest BCUT2D eigenvalue weighted by molar-refractivity contribution is 5.80. The van der Waals surface area contributed by atoms with Crippen LogP contribution in [0.25, 0.3) is 0 Å².